The fourth-order valence-electron chi connectivity index (χ4n) is 3.55. The summed E-state index contributed by atoms with van der Waals surface area (Å²) < 4.78 is 16.6. The third-order valence-corrected chi connectivity index (χ3v) is 5.01. The van der Waals surface area contributed by atoms with Crippen molar-refractivity contribution in [2.75, 3.05) is 13.2 Å². The monoisotopic (exact) mass is 432 g/mol. The third kappa shape index (κ3) is 6.45. The van der Waals surface area contributed by atoms with E-state index < -0.39 is 0 Å². The minimum Gasteiger partial charge on any atom is -0.493 e. The molecular weight excluding hydrogens is 404 g/mol. The van der Waals surface area contributed by atoms with Gasteiger partial charge in [-0.3, -0.25) is 9.59 Å². The second-order valence-electron chi connectivity index (χ2n) is 7.65. The SMILES string of the molecule is CC(=O)OCCCOc1cc(C)c(-c2cccc(COc3ccc(C=O)cc3)c2)c(C)c1. The lowest BCUT2D eigenvalue weighted by Crippen LogP contribution is -2.06. The summed E-state index contributed by atoms with van der Waals surface area (Å²) in [5.74, 6) is 1.26. The normalized spacial score (nSPS) is 10.5. The molecule has 0 radical (unpaired) electrons. The van der Waals surface area contributed by atoms with Crippen LogP contribution in [0.2, 0.25) is 0 Å². The maximum atomic E-state index is 10.8. The second kappa shape index (κ2) is 11.1. The molecule has 5 nitrogen and oxygen atoms in total. The Morgan fingerprint density at radius 2 is 1.59 bits per heavy atom. The standard InChI is InChI=1S/C27H28O5/c1-19-14-26(31-13-5-12-30-21(3)29)15-20(2)27(19)24-7-4-6-23(16-24)18-32-25-10-8-22(17-28)9-11-25/h4,6-11,14-17H,5,12-13,18H2,1-3H3. The Kier molecular flexibility index (Phi) is 8.03. The summed E-state index contributed by atoms with van der Waals surface area (Å²) in [5.41, 5.74) is 6.24. The van der Waals surface area contributed by atoms with E-state index in [2.05, 4.69) is 26.0 Å². The molecule has 0 spiro atoms. The molecule has 3 aromatic rings. The van der Waals surface area contributed by atoms with Gasteiger partial charge in [0.2, 0.25) is 0 Å². The number of rotatable bonds is 10. The van der Waals surface area contributed by atoms with Crippen molar-refractivity contribution >= 4 is 12.3 Å². The summed E-state index contributed by atoms with van der Waals surface area (Å²) in [6.07, 6.45) is 1.47. The van der Waals surface area contributed by atoms with Crippen molar-refractivity contribution < 1.29 is 23.8 Å². The van der Waals surface area contributed by atoms with Crippen molar-refractivity contribution in [1.29, 1.82) is 0 Å². The first-order chi connectivity index (χ1) is 15.5. The van der Waals surface area contributed by atoms with E-state index in [1.807, 2.05) is 24.3 Å². The topological polar surface area (TPSA) is 61.8 Å². The van der Waals surface area contributed by atoms with Gasteiger partial charge in [0, 0.05) is 18.9 Å². The summed E-state index contributed by atoms with van der Waals surface area (Å²) >= 11 is 0. The van der Waals surface area contributed by atoms with Crippen LogP contribution in [0.3, 0.4) is 0 Å². The van der Waals surface area contributed by atoms with Crippen LogP contribution in [0.4, 0.5) is 0 Å². The minimum atomic E-state index is -0.274. The van der Waals surface area contributed by atoms with Gasteiger partial charge in [-0.2, -0.15) is 0 Å². The molecule has 5 heteroatoms. The summed E-state index contributed by atoms with van der Waals surface area (Å²) in [7, 11) is 0. The molecule has 0 aliphatic heterocycles. The van der Waals surface area contributed by atoms with Crippen LogP contribution >= 0.6 is 0 Å². The van der Waals surface area contributed by atoms with Crippen LogP contribution in [0, 0.1) is 13.8 Å². The molecule has 0 N–H and O–H groups in total. The maximum absolute atomic E-state index is 10.8. The molecular formula is C27H28O5. The molecule has 0 unspecified atom stereocenters. The van der Waals surface area contributed by atoms with E-state index >= 15 is 0 Å². The number of carbonyl (C=O) groups is 2. The molecule has 0 saturated carbocycles. The molecule has 0 heterocycles. The van der Waals surface area contributed by atoms with E-state index in [-0.39, 0.29) is 5.97 Å². The van der Waals surface area contributed by atoms with E-state index in [0.717, 1.165) is 40.0 Å². The van der Waals surface area contributed by atoms with Crippen LogP contribution in [0.15, 0.2) is 60.7 Å². The zero-order valence-corrected chi connectivity index (χ0v) is 18.7. The summed E-state index contributed by atoms with van der Waals surface area (Å²) in [6, 6.07) is 19.4. The fourth-order valence-corrected chi connectivity index (χ4v) is 3.55. The van der Waals surface area contributed by atoms with E-state index in [1.165, 1.54) is 12.5 Å². The zero-order chi connectivity index (χ0) is 22.9. The highest BCUT2D eigenvalue weighted by Crippen LogP contribution is 2.31. The van der Waals surface area contributed by atoms with E-state index in [1.54, 1.807) is 24.3 Å². The molecule has 0 aromatic heterocycles. The average molecular weight is 433 g/mol. The van der Waals surface area contributed by atoms with Crippen LogP contribution in [0.25, 0.3) is 11.1 Å². The van der Waals surface area contributed by atoms with Crippen molar-refractivity contribution in [1.82, 2.24) is 0 Å². The number of aryl methyl sites for hydroxylation is 2. The average Bonchev–Trinajstić information content (AvgIpc) is 2.77. The summed E-state index contributed by atoms with van der Waals surface area (Å²) in [6.45, 7) is 6.85. The maximum Gasteiger partial charge on any atom is 0.302 e. The lowest BCUT2D eigenvalue weighted by atomic mass is 9.94. The molecule has 0 amide bonds. The lowest BCUT2D eigenvalue weighted by Gasteiger charge is -2.15. The molecule has 0 bridgehead atoms. The molecule has 32 heavy (non-hydrogen) atoms. The Labute approximate surface area is 188 Å². The van der Waals surface area contributed by atoms with Gasteiger partial charge in [0.15, 0.2) is 0 Å². The Balaban J connectivity index is 1.66. The molecule has 0 aliphatic carbocycles. The third-order valence-electron chi connectivity index (χ3n) is 5.01. The number of hydrogen-bond donors (Lipinski definition) is 0. The quantitative estimate of drug-likeness (QED) is 0.234. The van der Waals surface area contributed by atoms with Gasteiger partial charge >= 0.3 is 5.97 Å². The van der Waals surface area contributed by atoms with Crippen molar-refractivity contribution in [2.45, 2.75) is 33.8 Å². The van der Waals surface area contributed by atoms with Crippen molar-refractivity contribution in [3.63, 3.8) is 0 Å². The first-order valence-electron chi connectivity index (χ1n) is 10.6. The molecule has 0 fully saturated rings. The Morgan fingerprint density at radius 1 is 0.875 bits per heavy atom. The summed E-state index contributed by atoms with van der Waals surface area (Å²) in [5, 5.41) is 0. The smallest absolute Gasteiger partial charge is 0.302 e. The van der Waals surface area contributed by atoms with E-state index in [0.29, 0.717) is 31.8 Å². The number of benzene rings is 3. The van der Waals surface area contributed by atoms with Gasteiger partial charge in [-0.1, -0.05) is 18.2 Å². The largest absolute Gasteiger partial charge is 0.493 e. The molecule has 0 saturated heterocycles. The van der Waals surface area contributed by atoms with Crippen LogP contribution in [0.5, 0.6) is 11.5 Å². The molecule has 0 aliphatic rings. The molecule has 166 valence electrons. The number of carbonyl (C=O) groups excluding carboxylic acids is 2. The molecule has 3 aromatic carbocycles. The zero-order valence-electron chi connectivity index (χ0n) is 18.7. The van der Waals surface area contributed by atoms with Crippen LogP contribution < -0.4 is 9.47 Å². The Morgan fingerprint density at radius 3 is 2.25 bits per heavy atom. The van der Waals surface area contributed by atoms with E-state index in [4.69, 9.17) is 14.2 Å². The predicted molar refractivity (Wildman–Crippen MR) is 124 cm³/mol. The summed E-state index contributed by atoms with van der Waals surface area (Å²) in [4.78, 5) is 21.6. The number of hydrogen-bond acceptors (Lipinski definition) is 5. The minimum absolute atomic E-state index is 0.274. The van der Waals surface area contributed by atoms with Crippen LogP contribution in [-0.4, -0.2) is 25.5 Å². The number of esters is 1. The first kappa shape index (κ1) is 23.1. The Hall–Kier alpha value is -3.60. The van der Waals surface area contributed by atoms with Gasteiger partial charge in [-0.05, 0) is 84.1 Å². The van der Waals surface area contributed by atoms with E-state index in [9.17, 15) is 9.59 Å². The van der Waals surface area contributed by atoms with Gasteiger partial charge in [-0.15, -0.1) is 0 Å². The fraction of sp³-hybridized carbons (Fsp3) is 0.259. The van der Waals surface area contributed by atoms with Crippen molar-refractivity contribution in [3.8, 4) is 22.6 Å². The lowest BCUT2D eigenvalue weighted by molar-refractivity contribution is -0.141. The van der Waals surface area contributed by atoms with Gasteiger partial charge in [0.1, 0.15) is 24.4 Å². The molecule has 3 rings (SSSR count). The van der Waals surface area contributed by atoms with Crippen molar-refractivity contribution in [3.05, 3.63) is 82.9 Å². The van der Waals surface area contributed by atoms with Gasteiger partial charge in [-0.25, -0.2) is 0 Å². The highest BCUT2D eigenvalue weighted by atomic mass is 16.5. The van der Waals surface area contributed by atoms with Crippen molar-refractivity contribution in [2.24, 2.45) is 0 Å². The second-order valence-corrected chi connectivity index (χ2v) is 7.65. The first-order valence-corrected chi connectivity index (χ1v) is 10.6. The molecule has 0 atom stereocenters. The van der Waals surface area contributed by atoms with Gasteiger partial charge in [0.25, 0.3) is 0 Å². The van der Waals surface area contributed by atoms with Gasteiger partial charge < -0.3 is 14.2 Å². The van der Waals surface area contributed by atoms with Gasteiger partial charge in [0.05, 0.1) is 13.2 Å². The number of ether oxygens (including phenoxy) is 3. The van der Waals surface area contributed by atoms with Crippen LogP contribution in [-0.2, 0) is 16.1 Å². The number of aldehydes is 1. The predicted octanol–water partition coefficient (Wildman–Crippen LogP) is 5.69. The Bertz CT molecular complexity index is 1050. The highest BCUT2D eigenvalue weighted by Gasteiger charge is 2.10. The van der Waals surface area contributed by atoms with Crippen LogP contribution in [0.1, 0.15) is 40.4 Å². The highest BCUT2D eigenvalue weighted by molar-refractivity contribution is 5.75.